The summed E-state index contributed by atoms with van der Waals surface area (Å²) in [5, 5.41) is 16.8. The number of likely N-dealkylation sites (tertiary alicyclic amines) is 1. The first-order chi connectivity index (χ1) is 17.4. The highest BCUT2D eigenvalue weighted by Crippen LogP contribution is 2.46. The molecule has 1 spiro atoms. The molecule has 1 aliphatic carbocycles. The van der Waals surface area contributed by atoms with E-state index in [0.717, 1.165) is 37.5 Å². The molecule has 3 aliphatic rings. The molecule has 5 rings (SSSR count). The van der Waals surface area contributed by atoms with E-state index in [4.69, 9.17) is 11.6 Å². The van der Waals surface area contributed by atoms with Crippen LogP contribution in [0.3, 0.4) is 0 Å². The van der Waals surface area contributed by atoms with Crippen molar-refractivity contribution in [1.82, 2.24) is 20.5 Å². The molecule has 1 aromatic carbocycles. The Bertz CT molecular complexity index is 1210. The van der Waals surface area contributed by atoms with Gasteiger partial charge in [0.1, 0.15) is 17.8 Å². The monoisotopic (exact) mass is 509 g/mol. The molecule has 36 heavy (non-hydrogen) atoms. The molecular weight excluding hydrogens is 478 g/mol. The third kappa shape index (κ3) is 4.81. The summed E-state index contributed by atoms with van der Waals surface area (Å²) >= 11 is 6.31. The Balaban J connectivity index is 1.37. The van der Waals surface area contributed by atoms with Crippen LogP contribution in [0, 0.1) is 22.7 Å². The summed E-state index contributed by atoms with van der Waals surface area (Å²) in [4.78, 5) is 44.3. The van der Waals surface area contributed by atoms with Gasteiger partial charge in [0, 0.05) is 24.4 Å². The largest absolute Gasteiger partial charge is 0.356 e. The zero-order valence-electron chi connectivity index (χ0n) is 20.3. The highest BCUT2D eigenvalue weighted by Gasteiger charge is 2.49. The van der Waals surface area contributed by atoms with Crippen molar-refractivity contribution < 1.29 is 14.4 Å². The van der Waals surface area contributed by atoms with Gasteiger partial charge in [-0.25, -0.2) is 0 Å². The molecule has 0 radical (unpaired) electrons. The highest BCUT2D eigenvalue weighted by molar-refractivity contribution is 6.35. The van der Waals surface area contributed by atoms with E-state index in [-0.39, 0.29) is 35.5 Å². The number of nitrogens with one attached hydrogen (secondary N) is 3. The average Bonchev–Trinajstić information content (AvgIpc) is 3.48. The summed E-state index contributed by atoms with van der Waals surface area (Å²) in [6, 6.07) is 8.00. The second kappa shape index (κ2) is 10.1. The number of hydrogen-bond donors (Lipinski definition) is 3. The smallest absolute Gasteiger partial charge is 0.271 e. The summed E-state index contributed by atoms with van der Waals surface area (Å²) in [6.45, 7) is 1.17. The van der Waals surface area contributed by atoms with E-state index in [1.165, 1.54) is 6.42 Å². The fourth-order valence-corrected chi connectivity index (χ4v) is 6.54. The zero-order chi connectivity index (χ0) is 25.3. The van der Waals surface area contributed by atoms with Crippen LogP contribution in [0.1, 0.15) is 68.3 Å². The molecule has 2 aromatic rings. The van der Waals surface area contributed by atoms with Crippen molar-refractivity contribution in [2.45, 2.75) is 69.9 Å². The van der Waals surface area contributed by atoms with Crippen LogP contribution in [0.25, 0.3) is 10.9 Å². The third-order valence-corrected chi connectivity index (χ3v) is 8.53. The molecule has 1 saturated carbocycles. The van der Waals surface area contributed by atoms with Crippen molar-refractivity contribution in [3.63, 3.8) is 0 Å². The number of carbonyl (C=O) groups excluding carboxylic acids is 3. The summed E-state index contributed by atoms with van der Waals surface area (Å²) in [7, 11) is 0. The Kier molecular flexibility index (Phi) is 6.94. The van der Waals surface area contributed by atoms with E-state index < -0.39 is 12.1 Å². The van der Waals surface area contributed by atoms with Gasteiger partial charge in [-0.3, -0.25) is 14.4 Å². The molecule has 3 N–H and O–H groups in total. The second-order valence-electron chi connectivity index (χ2n) is 10.7. The van der Waals surface area contributed by atoms with Crippen LogP contribution in [-0.2, 0) is 9.59 Å². The van der Waals surface area contributed by atoms with Gasteiger partial charge in [0.05, 0.1) is 16.6 Å². The molecule has 3 fully saturated rings. The lowest BCUT2D eigenvalue weighted by Gasteiger charge is -2.32. The Morgan fingerprint density at radius 2 is 2.06 bits per heavy atom. The van der Waals surface area contributed by atoms with Crippen molar-refractivity contribution in [3.8, 4) is 6.07 Å². The first-order valence-electron chi connectivity index (χ1n) is 12.9. The minimum absolute atomic E-state index is 0.0629. The van der Waals surface area contributed by atoms with Gasteiger partial charge in [0.25, 0.3) is 5.91 Å². The maximum atomic E-state index is 13.7. The molecule has 3 unspecified atom stereocenters. The van der Waals surface area contributed by atoms with Crippen LogP contribution < -0.4 is 10.6 Å². The number of carbonyl (C=O) groups is 3. The Morgan fingerprint density at radius 1 is 1.25 bits per heavy atom. The van der Waals surface area contributed by atoms with E-state index in [1.54, 1.807) is 17.0 Å². The molecule has 3 heterocycles. The fraction of sp³-hybridized carbons (Fsp3) is 0.556. The van der Waals surface area contributed by atoms with Crippen LogP contribution in [0.2, 0.25) is 5.02 Å². The van der Waals surface area contributed by atoms with E-state index in [0.29, 0.717) is 42.2 Å². The number of aromatic amines is 1. The van der Waals surface area contributed by atoms with Crippen molar-refractivity contribution in [2.75, 3.05) is 13.1 Å². The number of amides is 3. The van der Waals surface area contributed by atoms with E-state index in [2.05, 4.69) is 21.7 Å². The first kappa shape index (κ1) is 24.6. The van der Waals surface area contributed by atoms with Crippen LogP contribution in [0.5, 0.6) is 0 Å². The highest BCUT2D eigenvalue weighted by atomic mass is 35.5. The van der Waals surface area contributed by atoms with E-state index in [1.807, 2.05) is 12.1 Å². The van der Waals surface area contributed by atoms with Crippen molar-refractivity contribution in [2.24, 2.45) is 11.3 Å². The quantitative estimate of drug-likeness (QED) is 0.566. The molecule has 9 heteroatoms. The number of hydrogen-bond acceptors (Lipinski definition) is 4. The standard InChI is InChI=1S/C27H32ClN5O3/c28-20-8-4-6-17-13-21(32-23(17)20)26(36)33-16-27(9-2-1-3-10-27)14-22(33)25(35)31-19(15-29)12-18-7-5-11-30-24(18)34/h4,6,8,13,18-19,22,32H,1-3,5,7,9-12,14,16H2,(H,30,34)(H,31,35). The SMILES string of the molecule is N#CC(CC1CCCNC1=O)NC(=O)C1CC2(CCCCC2)CN1C(=O)c1cc2cccc(Cl)c2[nH]1. The van der Waals surface area contributed by atoms with Gasteiger partial charge >= 0.3 is 0 Å². The number of nitriles is 1. The normalized spacial score (nSPS) is 24.3. The van der Waals surface area contributed by atoms with Crippen LogP contribution in [-0.4, -0.2) is 52.8 Å². The van der Waals surface area contributed by atoms with Gasteiger partial charge in [-0.15, -0.1) is 0 Å². The number of nitrogens with zero attached hydrogens (tertiary/aromatic N) is 2. The van der Waals surface area contributed by atoms with E-state index >= 15 is 0 Å². The van der Waals surface area contributed by atoms with Crippen LogP contribution in [0.4, 0.5) is 0 Å². The minimum Gasteiger partial charge on any atom is -0.356 e. The number of fused-ring (bicyclic) bond motifs is 1. The van der Waals surface area contributed by atoms with Gasteiger partial charge in [-0.1, -0.05) is 43.0 Å². The Hall–Kier alpha value is -3.05. The number of halogens is 1. The van der Waals surface area contributed by atoms with Crippen molar-refractivity contribution >= 4 is 40.2 Å². The molecule has 2 aliphatic heterocycles. The molecule has 0 bridgehead atoms. The Morgan fingerprint density at radius 3 is 2.78 bits per heavy atom. The fourth-order valence-electron chi connectivity index (χ4n) is 6.31. The maximum Gasteiger partial charge on any atom is 0.271 e. The van der Waals surface area contributed by atoms with Crippen LogP contribution in [0.15, 0.2) is 24.3 Å². The topological polar surface area (TPSA) is 118 Å². The molecule has 2 saturated heterocycles. The minimum atomic E-state index is -0.780. The van der Waals surface area contributed by atoms with Crippen molar-refractivity contribution in [3.05, 3.63) is 35.0 Å². The lowest BCUT2D eigenvalue weighted by Crippen LogP contribution is -2.49. The number of rotatable bonds is 5. The molecule has 190 valence electrons. The number of benzene rings is 1. The van der Waals surface area contributed by atoms with Crippen LogP contribution >= 0.6 is 11.6 Å². The lowest BCUT2D eigenvalue weighted by molar-refractivity contribution is -0.128. The van der Waals surface area contributed by atoms with Gasteiger partial charge in [-0.2, -0.15) is 5.26 Å². The number of aromatic nitrogens is 1. The van der Waals surface area contributed by atoms with Gasteiger partial charge in [0.15, 0.2) is 0 Å². The average molecular weight is 510 g/mol. The molecular formula is C27H32ClN5O3. The predicted octanol–water partition coefficient (Wildman–Crippen LogP) is 3.91. The second-order valence-corrected chi connectivity index (χ2v) is 11.1. The number of H-pyrrole nitrogens is 1. The van der Waals surface area contributed by atoms with Gasteiger partial charge in [0.2, 0.25) is 11.8 Å². The predicted molar refractivity (Wildman–Crippen MR) is 136 cm³/mol. The number of para-hydroxylation sites is 1. The molecule has 1 aromatic heterocycles. The van der Waals surface area contributed by atoms with Crippen molar-refractivity contribution in [1.29, 1.82) is 5.26 Å². The summed E-state index contributed by atoms with van der Waals surface area (Å²) in [5.41, 5.74) is 1.02. The lowest BCUT2D eigenvalue weighted by atomic mass is 9.72. The zero-order valence-corrected chi connectivity index (χ0v) is 21.1. The molecule has 3 atom stereocenters. The van der Waals surface area contributed by atoms with Gasteiger partial charge < -0.3 is 20.5 Å². The summed E-state index contributed by atoms with van der Waals surface area (Å²) in [6.07, 6.45) is 7.78. The van der Waals surface area contributed by atoms with Gasteiger partial charge in [-0.05, 0) is 56.1 Å². The van der Waals surface area contributed by atoms with E-state index in [9.17, 15) is 19.6 Å². The molecule has 8 nitrogen and oxygen atoms in total. The molecule has 3 amide bonds. The Labute approximate surface area is 215 Å². The summed E-state index contributed by atoms with van der Waals surface area (Å²) < 4.78 is 0. The first-order valence-corrected chi connectivity index (χ1v) is 13.3. The summed E-state index contributed by atoms with van der Waals surface area (Å²) in [5.74, 6) is -0.898. The maximum absolute atomic E-state index is 13.7. The third-order valence-electron chi connectivity index (χ3n) is 8.21. The number of piperidine rings is 1.